The number of thiazole rings is 1. The number of hydrogen-bond acceptors (Lipinski definition) is 6. The van der Waals surface area contributed by atoms with E-state index in [0.717, 1.165) is 39.1 Å². The summed E-state index contributed by atoms with van der Waals surface area (Å²) in [5.41, 5.74) is 3.89. The fourth-order valence-electron chi connectivity index (χ4n) is 3.02. The summed E-state index contributed by atoms with van der Waals surface area (Å²) >= 11 is 1.56. The molecule has 5 rings (SSSR count). The van der Waals surface area contributed by atoms with Crippen LogP contribution in [0.25, 0.3) is 11.3 Å². The number of para-hydroxylation sites is 1. The van der Waals surface area contributed by atoms with Crippen LogP contribution < -0.4 is 14.5 Å². The lowest BCUT2D eigenvalue weighted by Crippen LogP contribution is -2.09. The van der Waals surface area contributed by atoms with Gasteiger partial charge in [0.2, 0.25) is 11.9 Å². The van der Waals surface area contributed by atoms with Gasteiger partial charge in [-0.2, -0.15) is 5.10 Å². The summed E-state index contributed by atoms with van der Waals surface area (Å²) in [6.07, 6.45) is 1.80. The number of rotatable bonds is 5. The molecule has 4 aromatic rings. The first-order valence-corrected chi connectivity index (χ1v) is 10.0. The first kappa shape index (κ1) is 17.5. The van der Waals surface area contributed by atoms with E-state index in [2.05, 4.69) is 17.5 Å². The number of hydrazone groups is 1. The van der Waals surface area contributed by atoms with Crippen LogP contribution in [-0.2, 0) is 0 Å². The zero-order valence-corrected chi connectivity index (χ0v) is 16.3. The highest BCUT2D eigenvalue weighted by Crippen LogP contribution is 2.34. The first-order chi connectivity index (χ1) is 14.4. The number of fused-ring (bicyclic) bond motifs is 1. The van der Waals surface area contributed by atoms with Gasteiger partial charge in [0.25, 0.3) is 0 Å². The summed E-state index contributed by atoms with van der Waals surface area (Å²) in [6.45, 7) is 0.257. The van der Waals surface area contributed by atoms with Crippen molar-refractivity contribution in [3.63, 3.8) is 0 Å². The molecule has 1 aliphatic heterocycles. The fourth-order valence-corrected chi connectivity index (χ4v) is 3.83. The third-order valence-corrected chi connectivity index (χ3v) is 5.28. The van der Waals surface area contributed by atoms with Gasteiger partial charge in [0.1, 0.15) is 0 Å². The highest BCUT2D eigenvalue weighted by Gasteiger charge is 2.15. The Labute approximate surface area is 172 Å². The van der Waals surface area contributed by atoms with Crippen LogP contribution >= 0.6 is 11.3 Å². The summed E-state index contributed by atoms with van der Waals surface area (Å²) in [5, 5.41) is 9.43. The normalized spacial score (nSPS) is 12.4. The Kier molecular flexibility index (Phi) is 4.68. The van der Waals surface area contributed by atoms with Crippen molar-refractivity contribution in [2.75, 3.05) is 11.8 Å². The van der Waals surface area contributed by atoms with Crippen molar-refractivity contribution in [3.8, 4) is 22.8 Å². The quantitative estimate of drug-likeness (QED) is 0.318. The van der Waals surface area contributed by atoms with E-state index in [1.54, 1.807) is 17.6 Å². The van der Waals surface area contributed by atoms with Crippen molar-refractivity contribution in [2.24, 2.45) is 5.10 Å². The van der Waals surface area contributed by atoms with Gasteiger partial charge < -0.3 is 9.47 Å². The lowest BCUT2D eigenvalue weighted by molar-refractivity contribution is 0.174. The molecule has 0 bridgehead atoms. The van der Waals surface area contributed by atoms with E-state index >= 15 is 0 Å². The van der Waals surface area contributed by atoms with Crippen LogP contribution in [-0.4, -0.2) is 18.0 Å². The zero-order valence-electron chi connectivity index (χ0n) is 15.4. The van der Waals surface area contributed by atoms with E-state index in [1.165, 1.54) is 0 Å². The molecule has 0 radical (unpaired) electrons. The average molecular weight is 399 g/mol. The molecule has 5 nitrogen and oxygen atoms in total. The molecule has 0 N–H and O–H groups in total. The van der Waals surface area contributed by atoms with E-state index in [-0.39, 0.29) is 6.79 Å². The van der Waals surface area contributed by atoms with Crippen molar-refractivity contribution in [2.45, 2.75) is 0 Å². The molecule has 6 heteroatoms. The summed E-state index contributed by atoms with van der Waals surface area (Å²) < 4.78 is 10.8. The third kappa shape index (κ3) is 3.70. The van der Waals surface area contributed by atoms with Gasteiger partial charge in [0.15, 0.2) is 11.5 Å². The Bertz CT molecular complexity index is 1140. The minimum absolute atomic E-state index is 0.257. The molecule has 1 aliphatic rings. The lowest BCUT2D eigenvalue weighted by atomic mass is 10.2. The first-order valence-electron chi connectivity index (χ1n) is 9.16. The summed E-state index contributed by atoms with van der Waals surface area (Å²) in [7, 11) is 0. The Morgan fingerprint density at radius 2 is 1.66 bits per heavy atom. The maximum atomic E-state index is 5.46. The largest absolute Gasteiger partial charge is 0.454 e. The SMILES string of the molecule is C(=N/N(c1ccccc1)c1nc(-c2ccccc2)cs1)/c1ccc2c(c1)OCO2. The second-order valence-electron chi connectivity index (χ2n) is 6.39. The molecule has 29 heavy (non-hydrogen) atoms. The molecule has 1 aromatic heterocycles. The fraction of sp³-hybridized carbons (Fsp3) is 0.0435. The summed E-state index contributed by atoms with van der Waals surface area (Å²) in [6, 6.07) is 25.9. The predicted octanol–water partition coefficient (Wildman–Crippen LogP) is 5.71. The van der Waals surface area contributed by atoms with E-state index in [9.17, 15) is 0 Å². The van der Waals surface area contributed by atoms with E-state index in [0.29, 0.717) is 0 Å². The van der Waals surface area contributed by atoms with Gasteiger partial charge in [-0.15, -0.1) is 11.3 Å². The zero-order chi connectivity index (χ0) is 19.5. The Balaban J connectivity index is 1.49. The van der Waals surface area contributed by atoms with Gasteiger partial charge in [-0.1, -0.05) is 48.5 Å². The molecule has 0 spiro atoms. The predicted molar refractivity (Wildman–Crippen MR) is 116 cm³/mol. The topological polar surface area (TPSA) is 47.0 Å². The number of hydrogen-bond donors (Lipinski definition) is 0. The Morgan fingerprint density at radius 3 is 2.48 bits per heavy atom. The van der Waals surface area contributed by atoms with E-state index in [1.807, 2.05) is 71.7 Å². The maximum absolute atomic E-state index is 5.46. The van der Waals surface area contributed by atoms with Crippen molar-refractivity contribution in [1.82, 2.24) is 4.98 Å². The van der Waals surface area contributed by atoms with Gasteiger partial charge in [-0.25, -0.2) is 9.99 Å². The number of benzene rings is 3. The molecule has 0 unspecified atom stereocenters. The number of anilines is 2. The van der Waals surface area contributed by atoms with Crippen molar-refractivity contribution < 1.29 is 9.47 Å². The third-order valence-electron chi connectivity index (χ3n) is 4.46. The van der Waals surface area contributed by atoms with Crippen molar-refractivity contribution in [3.05, 3.63) is 89.8 Å². The van der Waals surface area contributed by atoms with Gasteiger partial charge in [0.05, 0.1) is 17.6 Å². The van der Waals surface area contributed by atoms with Gasteiger partial charge >= 0.3 is 0 Å². The molecule has 142 valence electrons. The average Bonchev–Trinajstić information content (AvgIpc) is 3.45. The molecule has 0 saturated carbocycles. The Hall–Kier alpha value is -3.64. The number of nitrogens with zero attached hydrogens (tertiary/aromatic N) is 3. The van der Waals surface area contributed by atoms with Crippen LogP contribution in [0.15, 0.2) is 89.3 Å². The second kappa shape index (κ2) is 7.77. The van der Waals surface area contributed by atoms with Gasteiger partial charge in [-0.3, -0.25) is 0 Å². The minimum atomic E-state index is 0.257. The monoisotopic (exact) mass is 399 g/mol. The molecular formula is C23H17N3O2S. The molecule has 0 aliphatic carbocycles. The standard InChI is InChI=1S/C23H17N3O2S/c1-3-7-18(8-4-1)20-15-29-23(25-20)26(19-9-5-2-6-10-19)24-14-17-11-12-21-22(13-17)28-16-27-21/h1-15H,16H2/b24-14-. The van der Waals surface area contributed by atoms with Gasteiger partial charge in [0, 0.05) is 10.9 Å². The summed E-state index contributed by atoms with van der Waals surface area (Å²) in [5.74, 6) is 1.50. The van der Waals surface area contributed by atoms with Crippen LogP contribution in [0.5, 0.6) is 11.5 Å². The smallest absolute Gasteiger partial charge is 0.231 e. The second-order valence-corrected chi connectivity index (χ2v) is 7.22. The molecule has 0 amide bonds. The Morgan fingerprint density at radius 1 is 0.897 bits per heavy atom. The van der Waals surface area contributed by atoms with Crippen LogP contribution in [0.2, 0.25) is 0 Å². The molecule has 2 heterocycles. The maximum Gasteiger partial charge on any atom is 0.231 e. The van der Waals surface area contributed by atoms with Crippen LogP contribution in [0.3, 0.4) is 0 Å². The number of aromatic nitrogens is 1. The van der Waals surface area contributed by atoms with Crippen LogP contribution in [0, 0.1) is 0 Å². The molecular weight excluding hydrogens is 382 g/mol. The van der Waals surface area contributed by atoms with Crippen LogP contribution in [0.4, 0.5) is 10.8 Å². The summed E-state index contributed by atoms with van der Waals surface area (Å²) in [4.78, 5) is 4.81. The molecule has 0 saturated heterocycles. The molecule has 0 fully saturated rings. The molecule has 3 aromatic carbocycles. The van der Waals surface area contributed by atoms with Gasteiger partial charge in [-0.05, 0) is 35.9 Å². The number of ether oxygens (including phenoxy) is 2. The van der Waals surface area contributed by atoms with Crippen molar-refractivity contribution in [1.29, 1.82) is 0 Å². The lowest BCUT2D eigenvalue weighted by Gasteiger charge is -2.15. The minimum Gasteiger partial charge on any atom is -0.454 e. The van der Waals surface area contributed by atoms with E-state index in [4.69, 9.17) is 19.6 Å². The van der Waals surface area contributed by atoms with E-state index < -0.39 is 0 Å². The van der Waals surface area contributed by atoms with Crippen LogP contribution in [0.1, 0.15) is 5.56 Å². The highest BCUT2D eigenvalue weighted by molar-refractivity contribution is 7.14. The highest BCUT2D eigenvalue weighted by atomic mass is 32.1. The molecule has 0 atom stereocenters. The van der Waals surface area contributed by atoms with Crippen molar-refractivity contribution >= 4 is 28.4 Å².